The number of carbonyl (C=O) groups excluding carboxylic acids is 2. The Balaban J connectivity index is 1.62. The molecule has 0 bridgehead atoms. The fourth-order valence-corrected chi connectivity index (χ4v) is 4.76. The molecule has 18 heteroatoms. The molecular weight excluding hydrogens is 500 g/mol. The van der Waals surface area contributed by atoms with Crippen LogP contribution in [-0.4, -0.2) is 75.9 Å². The van der Waals surface area contributed by atoms with Crippen LogP contribution < -0.4 is 21.5 Å². The Kier molecular flexibility index (Phi) is 7.10. The molecule has 0 spiro atoms. The highest BCUT2D eigenvalue weighted by atomic mass is 32.2. The second-order valence-corrected chi connectivity index (χ2v) is 9.41. The number of β-lactam (4-membered cyclic amide) rings is 1. The molecule has 3 rings (SSSR count). The summed E-state index contributed by atoms with van der Waals surface area (Å²) in [5.74, 6) is -2.07. The van der Waals surface area contributed by atoms with Gasteiger partial charge in [0.15, 0.2) is 17.5 Å². The first-order valence-electron chi connectivity index (χ1n) is 8.94. The minimum absolute atomic E-state index is 0.00389. The van der Waals surface area contributed by atoms with Gasteiger partial charge in [-0.3, -0.25) is 19.6 Å². The predicted octanol–water partition coefficient (Wildman–Crippen LogP) is -1.22. The topological polar surface area (TPSA) is 236 Å². The van der Waals surface area contributed by atoms with Gasteiger partial charge in [-0.15, -0.1) is 11.3 Å². The molecule has 1 saturated heterocycles. The molecule has 2 aromatic rings. The lowest BCUT2D eigenvalue weighted by molar-refractivity contribution is -0.143. The standard InChI is InChI=1S/C15H18N8O7S3/c1-6-9(13(25)23(6)33(26,27)28)21-12(24)10(7-4-31-14(18)19-7)22-30-3-2-29-15-20-8(5-32-15)11(16)17/h4-6,9H,2-3H2,1H3,(H3,16,17)(H2,18,19)(H,21,24)(H,26,27,28). The number of ether oxygens (including phenoxy) is 1. The van der Waals surface area contributed by atoms with Crippen molar-refractivity contribution in [3.05, 3.63) is 22.1 Å². The Hall–Kier alpha value is -3.35. The van der Waals surface area contributed by atoms with E-state index in [0.29, 0.717) is 0 Å². The summed E-state index contributed by atoms with van der Waals surface area (Å²) in [6, 6.07) is -2.21. The van der Waals surface area contributed by atoms with Crippen molar-refractivity contribution in [2.24, 2.45) is 10.9 Å². The Morgan fingerprint density at radius 2 is 2.03 bits per heavy atom. The minimum atomic E-state index is -4.74. The summed E-state index contributed by atoms with van der Waals surface area (Å²) < 4.78 is 37.1. The summed E-state index contributed by atoms with van der Waals surface area (Å²) in [5.41, 5.74) is 11.0. The molecule has 2 aromatic heterocycles. The van der Waals surface area contributed by atoms with E-state index in [1.54, 1.807) is 5.38 Å². The first-order chi connectivity index (χ1) is 15.5. The highest BCUT2D eigenvalue weighted by Crippen LogP contribution is 2.23. The molecule has 33 heavy (non-hydrogen) atoms. The number of nitrogen functional groups attached to an aromatic ring is 2. The quantitative estimate of drug-likeness (QED) is 0.0624. The van der Waals surface area contributed by atoms with Gasteiger partial charge < -0.3 is 26.4 Å². The molecule has 0 aromatic carbocycles. The molecule has 178 valence electrons. The van der Waals surface area contributed by atoms with Crippen molar-refractivity contribution in [2.75, 3.05) is 18.9 Å². The van der Waals surface area contributed by atoms with Crippen molar-refractivity contribution < 1.29 is 32.1 Å². The van der Waals surface area contributed by atoms with Gasteiger partial charge in [-0.25, -0.2) is 9.29 Å². The van der Waals surface area contributed by atoms with Gasteiger partial charge in [0.25, 0.3) is 17.0 Å². The SMILES string of the molecule is CC1C(NC(=O)C(=NOCCOc2nc(C(=N)N)cs2)c2csc(N)n2)C(=O)N1S(=O)(=O)O. The lowest BCUT2D eigenvalue weighted by atomic mass is 10.0. The van der Waals surface area contributed by atoms with Crippen molar-refractivity contribution in [3.63, 3.8) is 0 Å². The van der Waals surface area contributed by atoms with Gasteiger partial charge in [-0.05, 0) is 6.92 Å². The zero-order chi connectivity index (χ0) is 24.3. The molecule has 7 N–H and O–H groups in total. The van der Waals surface area contributed by atoms with Gasteiger partial charge in [0.2, 0.25) is 0 Å². The number of oxime groups is 1. The maximum atomic E-state index is 12.7. The summed E-state index contributed by atoms with van der Waals surface area (Å²) in [7, 11) is -4.74. The van der Waals surface area contributed by atoms with Crippen molar-refractivity contribution in [2.45, 2.75) is 19.0 Å². The summed E-state index contributed by atoms with van der Waals surface area (Å²) in [6.45, 7) is 1.24. The number of nitrogens with zero attached hydrogens (tertiary/aromatic N) is 4. The maximum absolute atomic E-state index is 12.7. The number of amidine groups is 1. The van der Waals surface area contributed by atoms with Crippen LogP contribution in [0.1, 0.15) is 18.3 Å². The molecule has 15 nitrogen and oxygen atoms in total. The van der Waals surface area contributed by atoms with E-state index < -0.39 is 34.2 Å². The Morgan fingerprint density at radius 3 is 2.58 bits per heavy atom. The highest BCUT2D eigenvalue weighted by Gasteiger charge is 2.51. The number of hydrogen-bond acceptors (Lipinski definition) is 13. The minimum Gasteiger partial charge on any atom is -0.466 e. The number of thiazole rings is 2. The first kappa shape index (κ1) is 24.3. The number of amides is 2. The normalized spacial score (nSPS) is 18.5. The molecule has 3 heterocycles. The average molecular weight is 519 g/mol. The van der Waals surface area contributed by atoms with Crippen LogP contribution in [0.15, 0.2) is 15.9 Å². The Morgan fingerprint density at radius 1 is 1.33 bits per heavy atom. The average Bonchev–Trinajstić information content (AvgIpc) is 3.37. The second-order valence-electron chi connectivity index (χ2n) is 6.41. The van der Waals surface area contributed by atoms with Crippen molar-refractivity contribution in [1.82, 2.24) is 19.6 Å². The largest absolute Gasteiger partial charge is 0.466 e. The summed E-state index contributed by atoms with van der Waals surface area (Å²) >= 11 is 2.18. The van der Waals surface area contributed by atoms with Crippen molar-refractivity contribution in [3.8, 4) is 5.19 Å². The van der Waals surface area contributed by atoms with E-state index in [4.69, 9.17) is 31.0 Å². The molecule has 1 aliphatic heterocycles. The smallest absolute Gasteiger partial charge is 0.362 e. The Bertz CT molecular complexity index is 1210. The van der Waals surface area contributed by atoms with E-state index in [1.165, 1.54) is 12.3 Å². The number of nitrogens with one attached hydrogen (secondary N) is 2. The number of carbonyl (C=O) groups is 2. The molecule has 1 aliphatic rings. The molecule has 0 saturated carbocycles. The molecule has 1 fully saturated rings. The zero-order valence-electron chi connectivity index (χ0n) is 16.8. The van der Waals surface area contributed by atoms with Crippen LogP contribution >= 0.6 is 22.7 Å². The van der Waals surface area contributed by atoms with Crippen LogP contribution in [-0.2, 0) is 24.7 Å². The molecule has 2 amide bonds. The number of rotatable bonds is 10. The third kappa shape index (κ3) is 5.53. The van der Waals surface area contributed by atoms with Crippen LogP contribution in [0.4, 0.5) is 5.13 Å². The summed E-state index contributed by atoms with van der Waals surface area (Å²) in [5, 5.41) is 16.8. The second kappa shape index (κ2) is 9.65. The number of anilines is 1. The lowest BCUT2D eigenvalue weighted by Gasteiger charge is -2.42. The predicted molar refractivity (Wildman–Crippen MR) is 117 cm³/mol. The molecular formula is C15H18N8O7S3. The fourth-order valence-electron chi connectivity index (χ4n) is 2.64. The van der Waals surface area contributed by atoms with Gasteiger partial charge in [0.1, 0.15) is 29.9 Å². The van der Waals surface area contributed by atoms with Gasteiger partial charge in [0, 0.05) is 10.8 Å². The van der Waals surface area contributed by atoms with Crippen LogP contribution in [0.3, 0.4) is 0 Å². The van der Waals surface area contributed by atoms with E-state index in [-0.39, 0.29) is 50.8 Å². The first-order valence-corrected chi connectivity index (χ1v) is 12.1. The van der Waals surface area contributed by atoms with E-state index in [1.807, 2.05) is 0 Å². The van der Waals surface area contributed by atoms with Crippen molar-refractivity contribution >= 4 is 61.5 Å². The molecule has 2 atom stereocenters. The van der Waals surface area contributed by atoms with Crippen LogP contribution in [0.2, 0.25) is 0 Å². The van der Waals surface area contributed by atoms with Gasteiger partial charge >= 0.3 is 10.3 Å². The zero-order valence-corrected chi connectivity index (χ0v) is 19.2. The number of hydrogen-bond donors (Lipinski definition) is 5. The van der Waals surface area contributed by atoms with Crippen LogP contribution in [0, 0.1) is 5.41 Å². The Labute approximate surface area is 194 Å². The fraction of sp³-hybridized carbons (Fsp3) is 0.333. The number of nitrogens with two attached hydrogens (primary N) is 2. The van der Waals surface area contributed by atoms with E-state index >= 15 is 0 Å². The van der Waals surface area contributed by atoms with E-state index in [0.717, 1.165) is 22.7 Å². The van der Waals surface area contributed by atoms with E-state index in [9.17, 15) is 18.0 Å². The molecule has 2 unspecified atom stereocenters. The van der Waals surface area contributed by atoms with Crippen molar-refractivity contribution in [1.29, 1.82) is 5.41 Å². The van der Waals surface area contributed by atoms with Gasteiger partial charge in [-0.1, -0.05) is 16.5 Å². The third-order valence-corrected chi connectivity index (χ3v) is 6.60. The molecule has 0 aliphatic carbocycles. The van der Waals surface area contributed by atoms with E-state index in [2.05, 4.69) is 20.4 Å². The lowest BCUT2D eigenvalue weighted by Crippen LogP contribution is -2.71. The summed E-state index contributed by atoms with van der Waals surface area (Å²) in [6.07, 6.45) is 0. The van der Waals surface area contributed by atoms with Gasteiger partial charge in [-0.2, -0.15) is 13.4 Å². The van der Waals surface area contributed by atoms with Crippen LogP contribution in [0.25, 0.3) is 0 Å². The summed E-state index contributed by atoms with van der Waals surface area (Å²) in [4.78, 5) is 37.8. The highest BCUT2D eigenvalue weighted by molar-refractivity contribution is 7.84. The number of aromatic nitrogens is 2. The monoisotopic (exact) mass is 518 g/mol. The molecule has 0 radical (unpaired) electrons. The maximum Gasteiger partial charge on any atom is 0.362 e. The van der Waals surface area contributed by atoms with Gasteiger partial charge in [0.05, 0.1) is 6.04 Å². The third-order valence-electron chi connectivity index (χ3n) is 4.17. The van der Waals surface area contributed by atoms with Crippen LogP contribution in [0.5, 0.6) is 5.19 Å².